The zero-order valence-corrected chi connectivity index (χ0v) is 19.3. The monoisotopic (exact) mass is 428 g/mol. The summed E-state index contributed by atoms with van der Waals surface area (Å²) in [5.41, 5.74) is 20.8. The summed E-state index contributed by atoms with van der Waals surface area (Å²) in [6.07, 6.45) is 2.57. The van der Waals surface area contributed by atoms with Crippen LogP contribution in [0.2, 0.25) is 0 Å². The highest BCUT2D eigenvalue weighted by molar-refractivity contribution is 5.70. The summed E-state index contributed by atoms with van der Waals surface area (Å²) < 4.78 is 11.8. The van der Waals surface area contributed by atoms with Crippen molar-refractivity contribution in [3.63, 3.8) is 0 Å². The molecule has 0 saturated heterocycles. The molecule has 2 aromatic carbocycles. The largest absolute Gasteiger partial charge is 0.496 e. The molecule has 0 aliphatic heterocycles. The molecule has 0 heterocycles. The normalized spacial score (nSPS) is 47.0. The molecular formula is C28H32N2O2. The van der Waals surface area contributed by atoms with Gasteiger partial charge >= 0.3 is 0 Å². The van der Waals surface area contributed by atoms with Crippen LogP contribution in [-0.4, -0.2) is 14.2 Å². The summed E-state index contributed by atoms with van der Waals surface area (Å²) in [5, 5.41) is 0. The molecule has 8 rings (SSSR count). The van der Waals surface area contributed by atoms with Crippen LogP contribution in [0.5, 0.6) is 11.5 Å². The lowest BCUT2D eigenvalue weighted by Gasteiger charge is -2.84. The number of nitrogen functional groups attached to an aromatic ring is 2. The maximum absolute atomic E-state index is 6.25. The molecule has 6 aliphatic carbocycles. The molecule has 32 heavy (non-hydrogen) atoms. The zero-order chi connectivity index (χ0) is 21.9. The Morgan fingerprint density at radius 2 is 1.06 bits per heavy atom. The Labute approximate surface area is 189 Å². The van der Waals surface area contributed by atoms with E-state index < -0.39 is 0 Å². The molecule has 4 N–H and O–H groups in total. The van der Waals surface area contributed by atoms with E-state index in [4.69, 9.17) is 20.9 Å². The van der Waals surface area contributed by atoms with Gasteiger partial charge in [-0.15, -0.1) is 0 Å². The number of fused-ring (bicyclic) bond motifs is 21. The van der Waals surface area contributed by atoms with E-state index in [9.17, 15) is 0 Å². The number of rotatable bonds is 2. The molecule has 0 amide bonds. The van der Waals surface area contributed by atoms with Crippen LogP contribution in [0.4, 0.5) is 11.4 Å². The van der Waals surface area contributed by atoms with E-state index in [0.29, 0.717) is 34.5 Å². The molecule has 4 fully saturated rings. The maximum Gasteiger partial charge on any atom is 0.122 e. The van der Waals surface area contributed by atoms with Gasteiger partial charge in [-0.3, -0.25) is 0 Å². The second kappa shape index (κ2) is 5.08. The Kier molecular flexibility index (Phi) is 2.87. The third-order valence-electron chi connectivity index (χ3n) is 11.9. The Morgan fingerprint density at radius 1 is 0.688 bits per heavy atom. The number of ether oxygens (including phenoxy) is 2. The molecule has 4 heteroatoms. The van der Waals surface area contributed by atoms with Gasteiger partial charge in [0.15, 0.2) is 0 Å². The highest BCUT2D eigenvalue weighted by Crippen LogP contribution is 2.95. The Bertz CT molecular complexity index is 1150. The van der Waals surface area contributed by atoms with Crippen molar-refractivity contribution in [1.29, 1.82) is 0 Å². The Hall–Kier alpha value is -2.36. The van der Waals surface area contributed by atoms with Crippen LogP contribution in [0.3, 0.4) is 0 Å². The third kappa shape index (κ3) is 1.47. The highest BCUT2D eigenvalue weighted by atomic mass is 16.5. The highest BCUT2D eigenvalue weighted by Gasteiger charge is 2.89. The second-order valence-electron chi connectivity index (χ2n) is 12.0. The van der Waals surface area contributed by atoms with Gasteiger partial charge in [0.1, 0.15) is 11.5 Å². The molecule has 0 aromatic heterocycles. The first kappa shape index (κ1) is 18.1. The predicted molar refractivity (Wildman–Crippen MR) is 125 cm³/mol. The van der Waals surface area contributed by atoms with Crippen molar-refractivity contribution in [3.8, 4) is 11.5 Å². The fourth-order valence-corrected chi connectivity index (χ4v) is 11.3. The van der Waals surface area contributed by atoms with E-state index >= 15 is 0 Å². The van der Waals surface area contributed by atoms with Gasteiger partial charge in [0, 0.05) is 11.1 Å². The van der Waals surface area contributed by atoms with Gasteiger partial charge < -0.3 is 20.9 Å². The molecule has 166 valence electrons. The lowest BCUT2D eigenvalue weighted by molar-refractivity contribution is -0.349. The lowest BCUT2D eigenvalue weighted by atomic mass is 9.20. The number of hydrogen-bond acceptors (Lipinski definition) is 4. The van der Waals surface area contributed by atoms with E-state index in [1.54, 1.807) is 0 Å². The Morgan fingerprint density at radius 3 is 1.47 bits per heavy atom. The van der Waals surface area contributed by atoms with E-state index in [1.165, 1.54) is 35.1 Å². The van der Waals surface area contributed by atoms with Gasteiger partial charge in [-0.25, -0.2) is 0 Å². The summed E-state index contributed by atoms with van der Waals surface area (Å²) in [6, 6.07) is 8.67. The van der Waals surface area contributed by atoms with Crippen LogP contribution in [0.1, 0.15) is 72.6 Å². The molecule has 6 aliphatic rings. The Balaban J connectivity index is 1.28. The van der Waals surface area contributed by atoms with E-state index in [0.717, 1.165) is 46.5 Å². The van der Waals surface area contributed by atoms with Crippen molar-refractivity contribution < 1.29 is 9.47 Å². The summed E-state index contributed by atoms with van der Waals surface area (Å²) in [6.45, 7) is 5.28. The standard InChI is InChI=1S/C28H32N2O2/c1-27-23-13-7-14(12-10-18(30)17(29)9-11(12)13)24(23)28(27,2)26-16-8-15(25(26)27)21-19(31-3)5-6-20(32-4)22(16)21/h5-6,9-10,13-16,23-26H,7-8,29-30H2,1-4H3/t13-,14+,15+,16-,23?,24?,25?,26?,27-,28+. The van der Waals surface area contributed by atoms with Gasteiger partial charge in [-0.1, -0.05) is 13.8 Å². The fraction of sp³-hybridized carbons (Fsp3) is 0.571. The van der Waals surface area contributed by atoms with E-state index in [1.807, 2.05) is 14.2 Å². The molecule has 10 atom stereocenters. The lowest BCUT2D eigenvalue weighted by Crippen LogP contribution is -2.79. The SMILES string of the molecule is COc1ccc(OC)c2c1[C@H]1C[C@@H]2C2C1[C@]1(C)C3C([C@@H]4C[C@H]3c3cc(N)c(N)cc34)[C@]21C. The quantitative estimate of drug-likeness (QED) is 0.507. The molecule has 0 spiro atoms. The van der Waals surface area contributed by atoms with Crippen LogP contribution in [-0.2, 0) is 0 Å². The summed E-state index contributed by atoms with van der Waals surface area (Å²) in [4.78, 5) is 0. The molecule has 4 nitrogen and oxygen atoms in total. The predicted octanol–water partition coefficient (Wildman–Crippen LogP) is 5.24. The average Bonchev–Trinajstić information content (AvgIpc) is 3.54. The first-order chi connectivity index (χ1) is 15.4. The summed E-state index contributed by atoms with van der Waals surface area (Å²) in [7, 11) is 3.64. The maximum atomic E-state index is 6.25. The van der Waals surface area contributed by atoms with Gasteiger partial charge in [-0.05, 0) is 106 Å². The number of benzene rings is 2. The van der Waals surface area contributed by atoms with Crippen LogP contribution < -0.4 is 20.9 Å². The first-order valence-electron chi connectivity index (χ1n) is 12.3. The van der Waals surface area contributed by atoms with Crippen molar-refractivity contribution in [3.05, 3.63) is 46.5 Å². The van der Waals surface area contributed by atoms with Crippen LogP contribution in [0.25, 0.3) is 0 Å². The molecule has 2 aromatic rings. The van der Waals surface area contributed by atoms with Crippen LogP contribution in [0, 0.1) is 34.5 Å². The van der Waals surface area contributed by atoms with Crippen molar-refractivity contribution in [2.75, 3.05) is 25.7 Å². The topological polar surface area (TPSA) is 70.5 Å². The van der Waals surface area contributed by atoms with E-state index in [2.05, 4.69) is 38.1 Å². The second-order valence-corrected chi connectivity index (χ2v) is 12.0. The zero-order valence-electron chi connectivity index (χ0n) is 19.3. The number of anilines is 2. The summed E-state index contributed by atoms with van der Waals surface area (Å²) >= 11 is 0. The number of nitrogens with two attached hydrogens (primary N) is 2. The minimum absolute atomic E-state index is 0.404. The van der Waals surface area contributed by atoms with Gasteiger partial charge in [0.25, 0.3) is 0 Å². The third-order valence-corrected chi connectivity index (χ3v) is 11.9. The van der Waals surface area contributed by atoms with Gasteiger partial charge in [0.05, 0.1) is 25.6 Å². The van der Waals surface area contributed by atoms with Gasteiger partial charge in [-0.2, -0.15) is 0 Å². The van der Waals surface area contributed by atoms with Crippen molar-refractivity contribution >= 4 is 11.4 Å². The molecule has 4 unspecified atom stereocenters. The average molecular weight is 429 g/mol. The van der Waals surface area contributed by atoms with E-state index in [-0.39, 0.29) is 0 Å². The number of methoxy groups -OCH3 is 2. The molecule has 4 bridgehead atoms. The molecule has 0 radical (unpaired) electrons. The minimum Gasteiger partial charge on any atom is -0.496 e. The first-order valence-corrected chi connectivity index (χ1v) is 12.3. The van der Waals surface area contributed by atoms with Crippen LogP contribution >= 0.6 is 0 Å². The van der Waals surface area contributed by atoms with Gasteiger partial charge in [0.2, 0.25) is 0 Å². The smallest absolute Gasteiger partial charge is 0.122 e. The van der Waals surface area contributed by atoms with Crippen molar-refractivity contribution in [2.45, 2.75) is 50.4 Å². The summed E-state index contributed by atoms with van der Waals surface area (Å²) in [5.74, 6) is 7.78. The molecule has 4 saturated carbocycles. The minimum atomic E-state index is 0.404. The van der Waals surface area contributed by atoms with Crippen LogP contribution in [0.15, 0.2) is 24.3 Å². The van der Waals surface area contributed by atoms with Crippen molar-refractivity contribution in [1.82, 2.24) is 0 Å². The fourth-order valence-electron chi connectivity index (χ4n) is 11.3. The number of hydrogen-bond donors (Lipinski definition) is 2. The van der Waals surface area contributed by atoms with Crippen molar-refractivity contribution in [2.24, 2.45) is 34.5 Å². The molecular weight excluding hydrogens is 396 g/mol.